The molecular formula is C20H22N10O5. The van der Waals surface area contributed by atoms with Crippen molar-refractivity contribution in [1.82, 2.24) is 36.2 Å². The van der Waals surface area contributed by atoms with Crippen molar-refractivity contribution in [2.24, 2.45) is 5.16 Å². The summed E-state index contributed by atoms with van der Waals surface area (Å²) in [5.74, 6) is -1.59. The quantitative estimate of drug-likeness (QED) is 0.137. The lowest BCUT2D eigenvalue weighted by molar-refractivity contribution is -0.135. The number of nitrogens with one attached hydrogen (secondary N) is 2. The molecule has 3 aromatic rings. The lowest BCUT2D eigenvalue weighted by Gasteiger charge is -2.20. The summed E-state index contributed by atoms with van der Waals surface area (Å²) in [6.07, 6.45) is 0.839. The number of nitrogen functional groups attached to an aromatic ring is 1. The number of oxime groups is 1. The highest BCUT2D eigenvalue weighted by Crippen LogP contribution is 2.29. The van der Waals surface area contributed by atoms with Crippen molar-refractivity contribution in [3.05, 3.63) is 53.5 Å². The van der Waals surface area contributed by atoms with E-state index in [0.717, 1.165) is 12.1 Å². The van der Waals surface area contributed by atoms with Crippen LogP contribution in [0.4, 0.5) is 11.5 Å². The number of hydrazine groups is 1. The molecule has 1 amide bonds. The van der Waals surface area contributed by atoms with Gasteiger partial charge >= 0.3 is 5.97 Å². The summed E-state index contributed by atoms with van der Waals surface area (Å²) >= 11 is 0. The van der Waals surface area contributed by atoms with Crippen LogP contribution in [0.3, 0.4) is 0 Å². The van der Waals surface area contributed by atoms with Crippen LogP contribution in [0.5, 0.6) is 0 Å². The minimum Gasteiger partial charge on any atom is -0.461 e. The first-order valence-electron chi connectivity index (χ1n) is 10.4. The Balaban J connectivity index is 1.59. The number of ether oxygens (including phenoxy) is 1. The number of para-hydroxylation sites is 1. The maximum absolute atomic E-state index is 13.0. The van der Waals surface area contributed by atoms with Gasteiger partial charge in [-0.15, -0.1) is 5.10 Å². The summed E-state index contributed by atoms with van der Waals surface area (Å²) in [6, 6.07) is 7.92. The van der Waals surface area contributed by atoms with E-state index in [1.165, 1.54) is 10.2 Å². The van der Waals surface area contributed by atoms with Gasteiger partial charge in [-0.05, 0) is 35.3 Å². The number of rotatable bonds is 9. The van der Waals surface area contributed by atoms with Crippen molar-refractivity contribution in [3.8, 4) is 5.82 Å². The number of aromatic nitrogens is 5. The summed E-state index contributed by atoms with van der Waals surface area (Å²) in [5.41, 5.74) is 12.4. The van der Waals surface area contributed by atoms with Crippen LogP contribution in [0.25, 0.3) is 5.82 Å². The Hall–Kier alpha value is -4.95. The van der Waals surface area contributed by atoms with Gasteiger partial charge in [0.15, 0.2) is 5.69 Å². The van der Waals surface area contributed by atoms with Crippen molar-refractivity contribution in [3.63, 3.8) is 0 Å². The number of hydrogen-bond acceptors (Lipinski definition) is 13. The third-order valence-corrected chi connectivity index (χ3v) is 5.18. The van der Waals surface area contributed by atoms with Gasteiger partial charge in [-0.3, -0.25) is 15.6 Å². The number of benzene rings is 1. The first-order chi connectivity index (χ1) is 16.9. The van der Waals surface area contributed by atoms with E-state index in [4.69, 9.17) is 15.7 Å². The zero-order valence-corrected chi connectivity index (χ0v) is 18.6. The number of nitrogens with two attached hydrogens (primary N) is 1. The van der Waals surface area contributed by atoms with Crippen LogP contribution in [-0.4, -0.2) is 61.3 Å². The molecule has 15 nitrogen and oxygen atoms in total. The summed E-state index contributed by atoms with van der Waals surface area (Å²) in [4.78, 5) is 26.9. The second-order valence-electron chi connectivity index (χ2n) is 7.30. The van der Waals surface area contributed by atoms with Crippen molar-refractivity contribution in [1.29, 1.82) is 0 Å². The molecule has 0 bridgehead atoms. The first kappa shape index (κ1) is 23.2. The SMILES string of the molecule is C=C(NNC(=O)c1nnn(-c2nonc2N)c1CN1CCc2ccccc21)C(=NO)C(=O)OCC. The van der Waals surface area contributed by atoms with E-state index < -0.39 is 17.6 Å². The van der Waals surface area contributed by atoms with Crippen LogP contribution in [-0.2, 0) is 22.5 Å². The summed E-state index contributed by atoms with van der Waals surface area (Å²) in [7, 11) is 0. The molecule has 1 aromatic carbocycles. The lowest BCUT2D eigenvalue weighted by Crippen LogP contribution is -2.41. The topological polar surface area (TPSA) is 199 Å². The Bertz CT molecular complexity index is 1300. The van der Waals surface area contributed by atoms with E-state index in [2.05, 4.69) is 52.7 Å². The van der Waals surface area contributed by atoms with Crippen molar-refractivity contribution >= 4 is 29.1 Å². The molecule has 1 aliphatic heterocycles. The number of anilines is 2. The minimum absolute atomic E-state index is 0.0327. The predicted octanol–water partition coefficient (Wildman–Crippen LogP) is -0.0634. The molecule has 1 aliphatic rings. The van der Waals surface area contributed by atoms with Gasteiger partial charge in [0.1, 0.15) is 0 Å². The summed E-state index contributed by atoms with van der Waals surface area (Å²) in [5, 5.41) is 27.3. The third kappa shape index (κ3) is 4.59. The number of fused-ring (bicyclic) bond motifs is 1. The van der Waals surface area contributed by atoms with Gasteiger partial charge in [0.2, 0.25) is 17.3 Å². The van der Waals surface area contributed by atoms with Gasteiger partial charge in [0.25, 0.3) is 5.91 Å². The molecule has 35 heavy (non-hydrogen) atoms. The lowest BCUT2D eigenvalue weighted by atomic mass is 10.2. The zero-order valence-electron chi connectivity index (χ0n) is 18.6. The molecule has 4 rings (SSSR count). The van der Waals surface area contributed by atoms with Crippen LogP contribution in [0, 0.1) is 0 Å². The largest absolute Gasteiger partial charge is 0.461 e. The van der Waals surface area contributed by atoms with Gasteiger partial charge < -0.3 is 20.6 Å². The van der Waals surface area contributed by atoms with Crippen molar-refractivity contribution < 1.29 is 24.2 Å². The highest BCUT2D eigenvalue weighted by atomic mass is 16.6. The monoisotopic (exact) mass is 482 g/mol. The van der Waals surface area contributed by atoms with E-state index >= 15 is 0 Å². The molecule has 2 aromatic heterocycles. The normalized spacial score (nSPS) is 12.8. The molecular weight excluding hydrogens is 460 g/mol. The second-order valence-corrected chi connectivity index (χ2v) is 7.30. The van der Waals surface area contributed by atoms with Crippen LogP contribution in [0.2, 0.25) is 0 Å². The average molecular weight is 482 g/mol. The highest BCUT2D eigenvalue weighted by Gasteiger charge is 2.28. The molecule has 0 atom stereocenters. The van der Waals surface area contributed by atoms with Gasteiger partial charge in [-0.25, -0.2) is 9.42 Å². The van der Waals surface area contributed by atoms with Gasteiger partial charge in [0, 0.05) is 12.2 Å². The van der Waals surface area contributed by atoms with Crippen molar-refractivity contribution in [2.75, 3.05) is 23.8 Å². The molecule has 3 heterocycles. The molecule has 0 spiro atoms. The zero-order chi connectivity index (χ0) is 24.9. The minimum atomic E-state index is -0.921. The third-order valence-electron chi connectivity index (χ3n) is 5.18. The second kappa shape index (κ2) is 9.90. The van der Waals surface area contributed by atoms with Crippen LogP contribution < -0.4 is 21.5 Å². The maximum Gasteiger partial charge on any atom is 0.362 e. The Morgan fingerprint density at radius 1 is 1.31 bits per heavy atom. The van der Waals surface area contributed by atoms with E-state index in [0.29, 0.717) is 12.2 Å². The van der Waals surface area contributed by atoms with Gasteiger partial charge in [-0.2, -0.15) is 4.68 Å². The Morgan fingerprint density at radius 2 is 2.11 bits per heavy atom. The summed E-state index contributed by atoms with van der Waals surface area (Å²) < 4.78 is 10.7. The van der Waals surface area contributed by atoms with Crippen LogP contribution >= 0.6 is 0 Å². The maximum atomic E-state index is 13.0. The molecule has 0 fully saturated rings. The molecule has 15 heteroatoms. The summed E-state index contributed by atoms with van der Waals surface area (Å²) in [6.45, 7) is 6.17. The first-order valence-corrected chi connectivity index (χ1v) is 10.4. The number of hydrogen-bond donors (Lipinski definition) is 4. The highest BCUT2D eigenvalue weighted by molar-refractivity contribution is 6.42. The molecule has 0 aliphatic carbocycles. The fourth-order valence-electron chi connectivity index (χ4n) is 3.55. The number of nitrogens with zero attached hydrogens (tertiary/aromatic N) is 7. The van der Waals surface area contributed by atoms with Crippen molar-refractivity contribution in [2.45, 2.75) is 19.9 Å². The number of amides is 1. The average Bonchev–Trinajstić information content (AvgIpc) is 3.57. The molecule has 5 N–H and O–H groups in total. The van der Waals surface area contributed by atoms with Crippen LogP contribution in [0.15, 0.2) is 46.3 Å². The van der Waals surface area contributed by atoms with E-state index in [1.54, 1.807) is 6.92 Å². The van der Waals surface area contributed by atoms with Crippen LogP contribution in [0.1, 0.15) is 28.7 Å². The number of carbonyl (C=O) groups is 2. The fraction of sp³-hybridized carbons (Fsp3) is 0.250. The molecule has 0 unspecified atom stereocenters. The van der Waals surface area contributed by atoms with Gasteiger partial charge in [-0.1, -0.05) is 35.1 Å². The molecule has 0 radical (unpaired) electrons. The van der Waals surface area contributed by atoms with E-state index in [9.17, 15) is 9.59 Å². The number of carbonyl (C=O) groups excluding carboxylic acids is 2. The Morgan fingerprint density at radius 3 is 2.83 bits per heavy atom. The van der Waals surface area contributed by atoms with E-state index in [-0.39, 0.29) is 36.2 Å². The Labute approximate surface area is 198 Å². The molecule has 182 valence electrons. The smallest absolute Gasteiger partial charge is 0.362 e. The fourth-order valence-corrected chi connectivity index (χ4v) is 3.55. The molecule has 0 saturated heterocycles. The standard InChI is InChI=1S/C20H22N10O5/c1-3-34-20(32)15(25-33)11(2)22-24-19(31)16-14(30(28-23-16)18-17(21)26-35-27-18)10-29-9-8-12-6-4-5-7-13(12)29/h4-7,22,33H,2-3,8-10H2,1H3,(H2,21,26)(H,24,31). The number of esters is 1. The molecule has 0 saturated carbocycles. The van der Waals surface area contributed by atoms with Gasteiger partial charge in [0.05, 0.1) is 24.5 Å². The van der Waals surface area contributed by atoms with E-state index in [1.807, 2.05) is 24.3 Å². The predicted molar refractivity (Wildman–Crippen MR) is 120 cm³/mol. The Kier molecular flexibility index (Phi) is 6.57.